The van der Waals surface area contributed by atoms with E-state index in [0.717, 1.165) is 5.75 Å². The van der Waals surface area contributed by atoms with Gasteiger partial charge in [0, 0.05) is 0 Å². The number of imide groups is 1. The molecule has 1 aliphatic rings. The highest BCUT2D eigenvalue weighted by atomic mass is 16.5. The molecule has 0 radical (unpaired) electrons. The summed E-state index contributed by atoms with van der Waals surface area (Å²) in [6.07, 6.45) is 0.187. The fourth-order valence-electron chi connectivity index (χ4n) is 1.82. The van der Waals surface area contributed by atoms with Crippen LogP contribution >= 0.6 is 0 Å². The van der Waals surface area contributed by atoms with Crippen molar-refractivity contribution in [1.29, 1.82) is 0 Å². The van der Waals surface area contributed by atoms with Gasteiger partial charge in [-0.3, -0.25) is 9.59 Å². The monoisotopic (exact) mass is 235 g/mol. The third kappa shape index (κ3) is 2.14. The molecule has 1 heterocycles. The second-order valence-electron chi connectivity index (χ2n) is 3.90. The van der Waals surface area contributed by atoms with Crippen LogP contribution in [-0.4, -0.2) is 24.5 Å². The van der Waals surface area contributed by atoms with Crippen LogP contribution in [0.25, 0.3) is 0 Å². The van der Waals surface area contributed by atoms with Crippen molar-refractivity contribution < 1.29 is 20.1 Å². The van der Waals surface area contributed by atoms with Crippen molar-refractivity contribution in [2.75, 3.05) is 11.5 Å². The molecule has 0 saturated carbocycles. The van der Waals surface area contributed by atoms with Crippen molar-refractivity contribution >= 4 is 17.5 Å². The van der Waals surface area contributed by atoms with Gasteiger partial charge >= 0.3 is 0 Å². The van der Waals surface area contributed by atoms with E-state index in [4.69, 9.17) is 4.74 Å². The van der Waals surface area contributed by atoms with Gasteiger partial charge in [0.25, 0.3) is 5.91 Å². The predicted molar refractivity (Wildman–Crippen MR) is 61.4 cm³/mol. The molecule has 1 aromatic rings. The third-order valence-corrected chi connectivity index (χ3v) is 2.65. The van der Waals surface area contributed by atoms with E-state index in [1.54, 1.807) is 24.3 Å². The van der Waals surface area contributed by atoms with Crippen molar-refractivity contribution in [3.8, 4) is 5.75 Å². The van der Waals surface area contributed by atoms with Crippen LogP contribution in [0.4, 0.5) is 5.69 Å². The Hall–Kier alpha value is -1.88. The molecule has 1 aliphatic heterocycles. The van der Waals surface area contributed by atoms with Crippen LogP contribution in [0.2, 0.25) is 0 Å². The van der Waals surface area contributed by atoms with Crippen LogP contribution in [0.3, 0.4) is 0 Å². The van der Waals surface area contributed by atoms with Gasteiger partial charge in [0.05, 0.1) is 18.7 Å². The Kier molecular flexibility index (Phi) is 3.10. The second-order valence-corrected chi connectivity index (χ2v) is 3.90. The van der Waals surface area contributed by atoms with E-state index in [-0.39, 0.29) is 18.2 Å². The molecular formula is C12H15N2O3+. The summed E-state index contributed by atoms with van der Waals surface area (Å²) in [6, 6.07) is 6.44. The summed E-state index contributed by atoms with van der Waals surface area (Å²) in [5.74, 6) is 0.292. The van der Waals surface area contributed by atoms with Crippen LogP contribution in [0.1, 0.15) is 13.3 Å². The van der Waals surface area contributed by atoms with E-state index in [9.17, 15) is 9.59 Å². The molecule has 1 atom stereocenters. The van der Waals surface area contributed by atoms with Gasteiger partial charge in [-0.25, -0.2) is 4.90 Å². The van der Waals surface area contributed by atoms with Crippen molar-refractivity contribution in [3.05, 3.63) is 24.3 Å². The van der Waals surface area contributed by atoms with Crippen LogP contribution in [0.5, 0.6) is 5.75 Å². The minimum atomic E-state index is -0.464. The van der Waals surface area contributed by atoms with Crippen molar-refractivity contribution in [3.63, 3.8) is 0 Å². The molecule has 0 spiro atoms. The summed E-state index contributed by atoms with van der Waals surface area (Å²) in [5.41, 5.74) is 4.23. The maximum atomic E-state index is 11.7. The molecule has 3 N–H and O–H groups in total. The standard InChI is InChI=1S/C12H14N2O3/c1-2-17-9-5-3-8(4-6-9)14-11(15)7-10(13)12(14)16/h3-6,10H,2,7,13H2,1H3/p+1/t10-/m0/s1. The summed E-state index contributed by atoms with van der Waals surface area (Å²) in [6.45, 7) is 2.48. The number of benzene rings is 1. The summed E-state index contributed by atoms with van der Waals surface area (Å²) < 4.78 is 5.30. The minimum Gasteiger partial charge on any atom is -0.494 e. The zero-order chi connectivity index (χ0) is 12.4. The molecule has 5 heteroatoms. The second kappa shape index (κ2) is 4.55. The molecule has 17 heavy (non-hydrogen) atoms. The Balaban J connectivity index is 2.22. The zero-order valence-corrected chi connectivity index (χ0v) is 9.68. The Morgan fingerprint density at radius 2 is 2.00 bits per heavy atom. The molecule has 0 bridgehead atoms. The number of hydrogen-bond acceptors (Lipinski definition) is 3. The lowest BCUT2D eigenvalue weighted by molar-refractivity contribution is -0.399. The summed E-state index contributed by atoms with van der Waals surface area (Å²) in [7, 11) is 0. The highest BCUT2D eigenvalue weighted by Gasteiger charge is 2.39. The highest BCUT2D eigenvalue weighted by molar-refractivity contribution is 6.21. The molecule has 1 saturated heterocycles. The molecule has 1 aromatic carbocycles. The van der Waals surface area contributed by atoms with Gasteiger partial charge < -0.3 is 10.5 Å². The first kappa shape index (κ1) is 11.6. The SMILES string of the molecule is CCOc1ccc(N2C(=O)C[C@H]([NH3+])C2=O)cc1. The molecule has 2 amide bonds. The van der Waals surface area contributed by atoms with Gasteiger partial charge in [-0.2, -0.15) is 0 Å². The van der Waals surface area contributed by atoms with Gasteiger partial charge in [0.15, 0.2) is 6.04 Å². The first-order chi connectivity index (χ1) is 8.13. The van der Waals surface area contributed by atoms with Crippen LogP contribution in [0.15, 0.2) is 24.3 Å². The Morgan fingerprint density at radius 3 is 2.47 bits per heavy atom. The summed E-state index contributed by atoms with van der Waals surface area (Å²) in [4.78, 5) is 24.6. The van der Waals surface area contributed by atoms with E-state index in [1.165, 1.54) is 4.90 Å². The van der Waals surface area contributed by atoms with Crippen molar-refractivity contribution in [2.24, 2.45) is 0 Å². The first-order valence-electron chi connectivity index (χ1n) is 5.56. The fourth-order valence-corrected chi connectivity index (χ4v) is 1.82. The topological polar surface area (TPSA) is 74.2 Å². The number of carbonyl (C=O) groups is 2. The lowest BCUT2D eigenvalue weighted by atomic mass is 10.2. The largest absolute Gasteiger partial charge is 0.494 e. The van der Waals surface area contributed by atoms with Gasteiger partial charge in [-0.15, -0.1) is 0 Å². The number of hydrogen-bond donors (Lipinski definition) is 1. The average molecular weight is 235 g/mol. The lowest BCUT2D eigenvalue weighted by Crippen LogP contribution is -2.64. The summed E-state index contributed by atoms with van der Waals surface area (Å²) >= 11 is 0. The Bertz CT molecular complexity index is 442. The highest BCUT2D eigenvalue weighted by Crippen LogP contribution is 2.24. The number of amides is 2. The molecular weight excluding hydrogens is 220 g/mol. The van der Waals surface area contributed by atoms with Gasteiger partial charge in [0.1, 0.15) is 5.75 Å². The van der Waals surface area contributed by atoms with E-state index in [1.807, 2.05) is 6.92 Å². The van der Waals surface area contributed by atoms with Crippen LogP contribution in [-0.2, 0) is 9.59 Å². The average Bonchev–Trinajstić information content (AvgIpc) is 2.55. The quantitative estimate of drug-likeness (QED) is 0.747. The first-order valence-corrected chi connectivity index (χ1v) is 5.56. The fraction of sp³-hybridized carbons (Fsp3) is 0.333. The number of quaternary nitrogens is 1. The zero-order valence-electron chi connectivity index (χ0n) is 9.68. The smallest absolute Gasteiger partial charge is 0.292 e. The van der Waals surface area contributed by atoms with E-state index in [0.29, 0.717) is 12.3 Å². The van der Waals surface area contributed by atoms with Crippen LogP contribution < -0.4 is 15.4 Å². The van der Waals surface area contributed by atoms with E-state index < -0.39 is 6.04 Å². The number of ether oxygens (including phenoxy) is 1. The normalized spacial score (nSPS) is 19.9. The maximum absolute atomic E-state index is 11.7. The maximum Gasteiger partial charge on any atom is 0.292 e. The van der Waals surface area contributed by atoms with Gasteiger partial charge in [0.2, 0.25) is 5.91 Å². The Morgan fingerprint density at radius 1 is 1.35 bits per heavy atom. The van der Waals surface area contributed by atoms with Gasteiger partial charge in [-0.05, 0) is 31.2 Å². The molecule has 0 aromatic heterocycles. The minimum absolute atomic E-state index is 0.187. The molecule has 0 aliphatic carbocycles. The number of anilines is 1. The lowest BCUT2D eigenvalue weighted by Gasteiger charge is -2.13. The van der Waals surface area contributed by atoms with E-state index in [2.05, 4.69) is 5.73 Å². The molecule has 1 fully saturated rings. The molecule has 5 nitrogen and oxygen atoms in total. The van der Waals surface area contributed by atoms with Crippen molar-refractivity contribution in [1.82, 2.24) is 0 Å². The summed E-state index contributed by atoms with van der Waals surface area (Å²) in [5, 5.41) is 0. The number of rotatable bonds is 3. The predicted octanol–water partition coefficient (Wildman–Crippen LogP) is -0.0409. The molecule has 0 unspecified atom stereocenters. The third-order valence-electron chi connectivity index (χ3n) is 2.65. The molecule has 2 rings (SSSR count). The van der Waals surface area contributed by atoms with E-state index >= 15 is 0 Å². The van der Waals surface area contributed by atoms with Gasteiger partial charge in [-0.1, -0.05) is 0 Å². The molecule has 90 valence electrons. The Labute approximate surface area is 99.2 Å². The number of carbonyl (C=O) groups excluding carboxylic acids is 2. The van der Waals surface area contributed by atoms with Crippen LogP contribution in [0, 0.1) is 0 Å². The number of nitrogens with zero attached hydrogens (tertiary/aromatic N) is 1. The van der Waals surface area contributed by atoms with Crippen molar-refractivity contribution in [2.45, 2.75) is 19.4 Å².